The first kappa shape index (κ1) is 20.7. The summed E-state index contributed by atoms with van der Waals surface area (Å²) in [6.45, 7) is 0.783. The van der Waals surface area contributed by atoms with Crippen molar-refractivity contribution < 1.29 is 17.9 Å². The Morgan fingerprint density at radius 2 is 1.67 bits per heavy atom. The standard InChI is InChI=1S/C19H25N3O4S/c1-21(2)14-13-20-19(23)15-22(27(3,24)25)17-11-7-8-12-18(17)26-16-9-5-4-6-10-16/h4-12H,13-15H2,1-3H3,(H,20,23). The molecule has 0 aromatic heterocycles. The van der Waals surface area contributed by atoms with Gasteiger partial charge in [-0.15, -0.1) is 0 Å². The van der Waals surface area contributed by atoms with Crippen LogP contribution in [0.5, 0.6) is 11.5 Å². The Morgan fingerprint density at radius 3 is 2.30 bits per heavy atom. The number of likely N-dealkylation sites (N-methyl/N-ethyl adjacent to an activating group) is 1. The van der Waals surface area contributed by atoms with Crippen LogP contribution < -0.4 is 14.4 Å². The summed E-state index contributed by atoms with van der Waals surface area (Å²) in [5.74, 6) is 0.556. The molecule has 0 atom stereocenters. The maximum atomic E-state index is 12.3. The SMILES string of the molecule is CN(C)CCNC(=O)CN(c1ccccc1Oc1ccccc1)S(C)(=O)=O. The number of sulfonamides is 1. The lowest BCUT2D eigenvalue weighted by Gasteiger charge is -2.24. The van der Waals surface area contributed by atoms with Crippen LogP contribution in [0.2, 0.25) is 0 Å². The fraction of sp³-hybridized carbons (Fsp3) is 0.316. The summed E-state index contributed by atoms with van der Waals surface area (Å²) < 4.78 is 31.6. The van der Waals surface area contributed by atoms with E-state index in [1.165, 1.54) is 0 Å². The molecule has 0 unspecified atom stereocenters. The van der Waals surface area contributed by atoms with E-state index >= 15 is 0 Å². The van der Waals surface area contributed by atoms with Crippen LogP contribution in [0.1, 0.15) is 0 Å². The summed E-state index contributed by atoms with van der Waals surface area (Å²) in [5.41, 5.74) is 0.312. The zero-order valence-electron chi connectivity index (χ0n) is 15.8. The van der Waals surface area contributed by atoms with Gasteiger partial charge in [-0.2, -0.15) is 0 Å². The highest BCUT2D eigenvalue weighted by Crippen LogP contribution is 2.33. The Kier molecular flexibility index (Phi) is 7.20. The second-order valence-corrected chi connectivity index (χ2v) is 8.21. The Labute approximate surface area is 160 Å². The lowest BCUT2D eigenvalue weighted by molar-refractivity contribution is -0.119. The molecular weight excluding hydrogens is 366 g/mol. The molecule has 0 heterocycles. The van der Waals surface area contributed by atoms with Gasteiger partial charge in [0.05, 0.1) is 11.9 Å². The third-order valence-electron chi connectivity index (χ3n) is 3.67. The van der Waals surface area contributed by atoms with Gasteiger partial charge in [-0.3, -0.25) is 9.10 Å². The quantitative estimate of drug-likeness (QED) is 0.707. The number of nitrogens with one attached hydrogen (secondary N) is 1. The monoisotopic (exact) mass is 391 g/mol. The number of benzene rings is 2. The summed E-state index contributed by atoms with van der Waals surface area (Å²) in [6.07, 6.45) is 1.07. The number of nitrogens with zero attached hydrogens (tertiary/aromatic N) is 2. The van der Waals surface area contributed by atoms with Crippen LogP contribution in [-0.2, 0) is 14.8 Å². The van der Waals surface area contributed by atoms with E-state index in [2.05, 4.69) is 5.32 Å². The number of anilines is 1. The van der Waals surface area contributed by atoms with Crippen LogP contribution in [0.3, 0.4) is 0 Å². The summed E-state index contributed by atoms with van der Waals surface area (Å²) in [4.78, 5) is 14.2. The van der Waals surface area contributed by atoms with Gasteiger partial charge in [-0.05, 0) is 38.4 Å². The molecule has 0 saturated carbocycles. The van der Waals surface area contributed by atoms with Crippen molar-refractivity contribution >= 4 is 21.6 Å². The molecule has 0 aliphatic heterocycles. The Morgan fingerprint density at radius 1 is 1.04 bits per heavy atom. The number of carbonyl (C=O) groups excluding carboxylic acids is 1. The van der Waals surface area contributed by atoms with E-state index in [1.807, 2.05) is 37.2 Å². The van der Waals surface area contributed by atoms with Crippen LogP contribution in [-0.4, -0.2) is 59.2 Å². The molecule has 0 spiro atoms. The van der Waals surface area contributed by atoms with Gasteiger partial charge in [-0.25, -0.2) is 8.42 Å². The fourth-order valence-corrected chi connectivity index (χ4v) is 3.21. The van der Waals surface area contributed by atoms with E-state index in [9.17, 15) is 13.2 Å². The minimum atomic E-state index is -3.69. The first-order valence-corrected chi connectivity index (χ1v) is 10.3. The van der Waals surface area contributed by atoms with Crippen LogP contribution >= 0.6 is 0 Å². The summed E-state index contributed by atoms with van der Waals surface area (Å²) in [5, 5.41) is 2.73. The van der Waals surface area contributed by atoms with Crippen LogP contribution in [0.25, 0.3) is 0 Å². The average Bonchev–Trinajstić information content (AvgIpc) is 2.60. The van der Waals surface area contributed by atoms with E-state index < -0.39 is 10.0 Å². The third kappa shape index (κ3) is 6.58. The lowest BCUT2D eigenvalue weighted by Crippen LogP contribution is -2.42. The van der Waals surface area contributed by atoms with Gasteiger partial charge in [0.25, 0.3) is 0 Å². The molecule has 0 radical (unpaired) electrons. The highest BCUT2D eigenvalue weighted by Gasteiger charge is 2.24. The molecule has 2 aromatic carbocycles. The van der Waals surface area contributed by atoms with E-state index in [1.54, 1.807) is 36.4 Å². The largest absolute Gasteiger partial charge is 0.455 e. The molecule has 0 bridgehead atoms. The van der Waals surface area contributed by atoms with Gasteiger partial charge in [0.1, 0.15) is 12.3 Å². The highest BCUT2D eigenvalue weighted by molar-refractivity contribution is 7.92. The maximum Gasteiger partial charge on any atom is 0.240 e. The minimum absolute atomic E-state index is 0.312. The molecular formula is C19H25N3O4S. The smallest absolute Gasteiger partial charge is 0.240 e. The van der Waals surface area contributed by atoms with Crippen molar-refractivity contribution in [3.63, 3.8) is 0 Å². The molecule has 146 valence electrons. The minimum Gasteiger partial charge on any atom is -0.455 e. The van der Waals surface area contributed by atoms with Crippen molar-refractivity contribution in [2.24, 2.45) is 0 Å². The number of hydrogen-bond donors (Lipinski definition) is 1. The summed E-state index contributed by atoms with van der Waals surface area (Å²) in [6, 6.07) is 15.8. The predicted molar refractivity (Wildman–Crippen MR) is 107 cm³/mol. The van der Waals surface area contributed by atoms with Gasteiger partial charge < -0.3 is 15.0 Å². The number of rotatable bonds is 9. The molecule has 0 fully saturated rings. The van der Waals surface area contributed by atoms with E-state index in [0.717, 1.165) is 10.6 Å². The first-order chi connectivity index (χ1) is 12.8. The molecule has 2 rings (SSSR count). The number of para-hydroxylation sites is 3. The summed E-state index contributed by atoms with van der Waals surface area (Å²) in [7, 11) is 0.103. The van der Waals surface area contributed by atoms with E-state index in [4.69, 9.17) is 4.74 Å². The van der Waals surface area contributed by atoms with Crippen molar-refractivity contribution in [1.29, 1.82) is 0 Å². The fourth-order valence-electron chi connectivity index (χ4n) is 2.35. The van der Waals surface area contributed by atoms with Gasteiger partial charge in [0, 0.05) is 13.1 Å². The average molecular weight is 391 g/mol. The van der Waals surface area contributed by atoms with E-state index in [0.29, 0.717) is 30.3 Å². The number of amides is 1. The van der Waals surface area contributed by atoms with Crippen LogP contribution in [0.15, 0.2) is 54.6 Å². The van der Waals surface area contributed by atoms with Crippen molar-refractivity contribution in [3.05, 3.63) is 54.6 Å². The molecule has 27 heavy (non-hydrogen) atoms. The predicted octanol–water partition coefficient (Wildman–Crippen LogP) is 1.92. The Balaban J connectivity index is 2.23. The Bertz CT molecular complexity index is 854. The number of carbonyl (C=O) groups is 1. The summed E-state index contributed by atoms with van der Waals surface area (Å²) >= 11 is 0. The van der Waals surface area contributed by atoms with Crippen LogP contribution in [0.4, 0.5) is 5.69 Å². The van der Waals surface area contributed by atoms with Gasteiger partial charge >= 0.3 is 0 Å². The van der Waals surface area contributed by atoms with Crippen molar-refractivity contribution in [2.45, 2.75) is 0 Å². The zero-order chi connectivity index (χ0) is 19.9. The topological polar surface area (TPSA) is 79.0 Å². The second-order valence-electron chi connectivity index (χ2n) is 6.31. The molecule has 1 N–H and O–H groups in total. The molecule has 7 nitrogen and oxygen atoms in total. The van der Waals surface area contributed by atoms with Crippen molar-refractivity contribution in [2.75, 3.05) is 44.3 Å². The Hall–Kier alpha value is -2.58. The maximum absolute atomic E-state index is 12.3. The van der Waals surface area contributed by atoms with Crippen LogP contribution in [0, 0.1) is 0 Å². The lowest BCUT2D eigenvalue weighted by atomic mass is 10.3. The molecule has 2 aromatic rings. The molecule has 8 heteroatoms. The normalized spacial score (nSPS) is 11.3. The molecule has 0 saturated heterocycles. The van der Waals surface area contributed by atoms with E-state index in [-0.39, 0.29) is 12.5 Å². The number of hydrogen-bond acceptors (Lipinski definition) is 5. The van der Waals surface area contributed by atoms with Gasteiger partial charge in [-0.1, -0.05) is 30.3 Å². The van der Waals surface area contributed by atoms with Crippen molar-refractivity contribution in [3.8, 4) is 11.5 Å². The molecule has 1 amide bonds. The third-order valence-corrected chi connectivity index (χ3v) is 4.80. The molecule has 0 aliphatic rings. The first-order valence-electron chi connectivity index (χ1n) is 8.48. The van der Waals surface area contributed by atoms with Gasteiger partial charge in [0.15, 0.2) is 5.75 Å². The highest BCUT2D eigenvalue weighted by atomic mass is 32.2. The second kappa shape index (κ2) is 9.38. The zero-order valence-corrected chi connectivity index (χ0v) is 16.6. The molecule has 0 aliphatic carbocycles. The van der Waals surface area contributed by atoms with Crippen molar-refractivity contribution in [1.82, 2.24) is 10.2 Å². The van der Waals surface area contributed by atoms with Gasteiger partial charge in [0.2, 0.25) is 15.9 Å². The number of ether oxygens (including phenoxy) is 1.